The van der Waals surface area contributed by atoms with Crippen molar-refractivity contribution in [2.75, 3.05) is 52.9 Å². The molecule has 0 saturated carbocycles. The summed E-state index contributed by atoms with van der Waals surface area (Å²) in [6.07, 6.45) is -1.37. The lowest BCUT2D eigenvalue weighted by Crippen LogP contribution is -2.59. The molecule has 140 valence electrons. The monoisotopic (exact) mass is 350 g/mol. The Hall–Kier alpha value is -0.800. The maximum atomic E-state index is 9.76. The number of hydrogen-bond donors (Lipinski definition) is 4. The van der Waals surface area contributed by atoms with Gasteiger partial charge in [0.15, 0.2) is 6.29 Å². The lowest BCUT2D eigenvalue weighted by molar-refractivity contribution is -0.302. The number of rotatable bonds is 12. The zero-order valence-electron chi connectivity index (χ0n) is 13.5. The van der Waals surface area contributed by atoms with Crippen LogP contribution in [-0.2, 0) is 23.7 Å². The van der Waals surface area contributed by atoms with Gasteiger partial charge in [0.1, 0.15) is 31.0 Å². The fourth-order valence-corrected chi connectivity index (χ4v) is 2.00. The summed E-state index contributed by atoms with van der Waals surface area (Å²) in [7, 11) is 0. The quantitative estimate of drug-likeness (QED) is 0.223. The highest BCUT2D eigenvalue weighted by molar-refractivity contribution is 4.88. The molecule has 9 heteroatoms. The third-order valence-electron chi connectivity index (χ3n) is 3.29. The molecule has 0 aromatic rings. The Balaban J connectivity index is 2.03. The molecule has 0 aromatic carbocycles. The third-order valence-corrected chi connectivity index (χ3v) is 3.29. The first-order chi connectivity index (χ1) is 11.6. The van der Waals surface area contributed by atoms with Crippen LogP contribution < -0.4 is 0 Å². The number of ether oxygens (including phenoxy) is 5. The second kappa shape index (κ2) is 12.5. The predicted octanol–water partition coefficient (Wildman–Crippen LogP) is -2.51. The van der Waals surface area contributed by atoms with Gasteiger partial charge in [-0.1, -0.05) is 5.92 Å². The predicted molar refractivity (Wildman–Crippen MR) is 81.0 cm³/mol. The van der Waals surface area contributed by atoms with Crippen molar-refractivity contribution in [2.24, 2.45) is 0 Å². The van der Waals surface area contributed by atoms with Gasteiger partial charge in [0.25, 0.3) is 0 Å². The highest BCUT2D eigenvalue weighted by Crippen LogP contribution is 2.21. The average molecular weight is 350 g/mol. The molecule has 0 aromatic heterocycles. The van der Waals surface area contributed by atoms with Crippen LogP contribution in [0.4, 0.5) is 0 Å². The fraction of sp³-hybridized carbons (Fsp3) is 0.867. The average Bonchev–Trinajstić information content (AvgIpc) is 2.59. The van der Waals surface area contributed by atoms with Crippen LogP contribution in [0.2, 0.25) is 0 Å². The van der Waals surface area contributed by atoms with E-state index in [1.165, 1.54) is 0 Å². The van der Waals surface area contributed by atoms with E-state index < -0.39 is 37.3 Å². The topological polar surface area (TPSA) is 127 Å². The zero-order valence-corrected chi connectivity index (χ0v) is 13.5. The van der Waals surface area contributed by atoms with Crippen LogP contribution in [0, 0.1) is 12.3 Å². The van der Waals surface area contributed by atoms with Crippen LogP contribution in [0.15, 0.2) is 0 Å². The summed E-state index contributed by atoms with van der Waals surface area (Å²) in [5.74, 6) is 2.35. The van der Waals surface area contributed by atoms with Crippen LogP contribution >= 0.6 is 0 Å². The molecule has 1 rings (SSSR count). The second-order valence-electron chi connectivity index (χ2n) is 5.05. The third kappa shape index (κ3) is 7.40. The molecular formula is C15H26O9. The summed E-state index contributed by atoms with van der Waals surface area (Å²) in [5, 5.41) is 38.0. The van der Waals surface area contributed by atoms with Gasteiger partial charge in [-0.05, 0) is 0 Å². The number of aliphatic hydroxyl groups is 4. The van der Waals surface area contributed by atoms with E-state index >= 15 is 0 Å². The molecule has 5 atom stereocenters. The van der Waals surface area contributed by atoms with Crippen LogP contribution in [0.5, 0.6) is 0 Å². The molecule has 9 nitrogen and oxygen atoms in total. The number of aliphatic hydroxyl groups excluding tert-OH is 4. The van der Waals surface area contributed by atoms with Crippen LogP contribution in [0.25, 0.3) is 0 Å². The van der Waals surface area contributed by atoms with E-state index in [2.05, 4.69) is 5.92 Å². The lowest BCUT2D eigenvalue weighted by atomic mass is 9.99. The number of hydrogen-bond acceptors (Lipinski definition) is 9. The largest absolute Gasteiger partial charge is 0.394 e. The van der Waals surface area contributed by atoms with Gasteiger partial charge in [0.05, 0.1) is 46.2 Å². The summed E-state index contributed by atoms with van der Waals surface area (Å²) in [6.45, 7) is 1.68. The van der Waals surface area contributed by atoms with E-state index in [9.17, 15) is 15.3 Å². The van der Waals surface area contributed by atoms with Gasteiger partial charge >= 0.3 is 0 Å². The summed E-state index contributed by atoms with van der Waals surface area (Å²) in [6, 6.07) is 0. The Bertz CT molecular complexity index is 357. The first kappa shape index (κ1) is 21.2. The van der Waals surface area contributed by atoms with Gasteiger partial charge in [-0.15, -0.1) is 6.42 Å². The van der Waals surface area contributed by atoms with E-state index in [1.807, 2.05) is 0 Å². The van der Waals surface area contributed by atoms with Crippen LogP contribution in [-0.4, -0.2) is 104 Å². The summed E-state index contributed by atoms with van der Waals surface area (Å²) in [5.41, 5.74) is 0. The van der Waals surface area contributed by atoms with Gasteiger partial charge in [-0.25, -0.2) is 0 Å². The molecule has 0 radical (unpaired) electrons. The molecule has 0 spiro atoms. The first-order valence-electron chi connectivity index (χ1n) is 7.70. The van der Waals surface area contributed by atoms with Gasteiger partial charge in [0, 0.05) is 0 Å². The van der Waals surface area contributed by atoms with Crippen molar-refractivity contribution in [1.82, 2.24) is 0 Å². The molecule has 1 saturated heterocycles. The van der Waals surface area contributed by atoms with Gasteiger partial charge in [0.2, 0.25) is 0 Å². The molecule has 1 heterocycles. The fourth-order valence-electron chi connectivity index (χ4n) is 2.00. The highest BCUT2D eigenvalue weighted by Gasteiger charge is 2.43. The van der Waals surface area contributed by atoms with Crippen LogP contribution in [0.3, 0.4) is 0 Å². The van der Waals surface area contributed by atoms with Crippen molar-refractivity contribution in [3.8, 4) is 12.3 Å². The summed E-state index contributed by atoms with van der Waals surface area (Å²) < 4.78 is 26.0. The minimum atomic E-state index is -1.45. The Morgan fingerprint density at radius 2 is 1.42 bits per heavy atom. The molecule has 2 unspecified atom stereocenters. The maximum Gasteiger partial charge on any atom is 0.186 e. The minimum Gasteiger partial charge on any atom is -0.394 e. The second-order valence-corrected chi connectivity index (χ2v) is 5.05. The normalized spacial score (nSPS) is 30.2. The molecule has 0 bridgehead atoms. The maximum absolute atomic E-state index is 9.76. The minimum absolute atomic E-state index is 0.105. The van der Waals surface area contributed by atoms with E-state index in [-0.39, 0.29) is 19.8 Å². The SMILES string of the molecule is C#CCOCCOCCOCCO[C@H]1OC(CO)[C@@H](O)C(O)[C@H]1O. The van der Waals surface area contributed by atoms with Crippen molar-refractivity contribution < 1.29 is 44.1 Å². The summed E-state index contributed by atoms with van der Waals surface area (Å²) >= 11 is 0. The Morgan fingerprint density at radius 1 is 0.833 bits per heavy atom. The lowest BCUT2D eigenvalue weighted by Gasteiger charge is -2.39. The van der Waals surface area contributed by atoms with Gasteiger partial charge < -0.3 is 44.1 Å². The van der Waals surface area contributed by atoms with Crippen molar-refractivity contribution in [1.29, 1.82) is 0 Å². The van der Waals surface area contributed by atoms with Crippen molar-refractivity contribution in [2.45, 2.75) is 30.7 Å². The number of terminal acetylenes is 1. The Morgan fingerprint density at radius 3 is 2.00 bits per heavy atom. The molecule has 1 fully saturated rings. The zero-order chi connectivity index (χ0) is 17.8. The molecule has 0 amide bonds. The van der Waals surface area contributed by atoms with E-state index in [0.717, 1.165) is 0 Å². The molecule has 4 N–H and O–H groups in total. The van der Waals surface area contributed by atoms with E-state index in [4.69, 9.17) is 35.2 Å². The van der Waals surface area contributed by atoms with Gasteiger partial charge in [-0.3, -0.25) is 0 Å². The smallest absolute Gasteiger partial charge is 0.186 e. The molecule has 1 aliphatic rings. The molecule has 24 heavy (non-hydrogen) atoms. The Labute approximate surface area is 141 Å². The van der Waals surface area contributed by atoms with E-state index in [0.29, 0.717) is 26.4 Å². The molecular weight excluding hydrogens is 324 g/mol. The van der Waals surface area contributed by atoms with Crippen molar-refractivity contribution in [3.05, 3.63) is 0 Å². The van der Waals surface area contributed by atoms with Gasteiger partial charge in [-0.2, -0.15) is 0 Å². The summed E-state index contributed by atoms with van der Waals surface area (Å²) in [4.78, 5) is 0. The molecule has 1 aliphatic heterocycles. The highest BCUT2D eigenvalue weighted by atomic mass is 16.7. The van der Waals surface area contributed by atoms with Crippen molar-refractivity contribution >= 4 is 0 Å². The first-order valence-corrected chi connectivity index (χ1v) is 7.70. The standard InChI is InChI=1S/C15H26O9/c1-2-3-20-4-5-21-6-7-22-8-9-23-15-14(19)13(18)12(17)11(10-16)24-15/h1,11-19H,3-10H2/t11?,12-,13?,14-,15+/m1/s1. The molecule has 0 aliphatic carbocycles. The van der Waals surface area contributed by atoms with Crippen LogP contribution in [0.1, 0.15) is 0 Å². The van der Waals surface area contributed by atoms with E-state index in [1.54, 1.807) is 0 Å². The van der Waals surface area contributed by atoms with Crippen molar-refractivity contribution in [3.63, 3.8) is 0 Å². The Kier molecular flexibility index (Phi) is 11.1.